The van der Waals surface area contributed by atoms with Crippen molar-refractivity contribution in [2.24, 2.45) is 57.7 Å². The average Bonchev–Trinajstić information content (AvgIpc) is 3.38. The number of hydrogen-bond donors (Lipinski definition) is 0. The molecular formula is C29H47NO2. The van der Waals surface area contributed by atoms with E-state index in [-0.39, 0.29) is 11.2 Å². The van der Waals surface area contributed by atoms with Gasteiger partial charge in [-0.15, -0.1) is 0 Å². The lowest BCUT2D eigenvalue weighted by molar-refractivity contribution is -0.305. The summed E-state index contributed by atoms with van der Waals surface area (Å²) in [6.45, 7) is 16.9. The summed E-state index contributed by atoms with van der Waals surface area (Å²) in [5.41, 5.74) is 1.13. The summed E-state index contributed by atoms with van der Waals surface area (Å²) >= 11 is 0. The van der Waals surface area contributed by atoms with Crippen molar-refractivity contribution < 1.29 is 9.47 Å². The van der Waals surface area contributed by atoms with E-state index in [2.05, 4.69) is 47.6 Å². The van der Waals surface area contributed by atoms with Gasteiger partial charge in [0.1, 0.15) is 0 Å². The van der Waals surface area contributed by atoms with E-state index < -0.39 is 0 Å². The molecule has 10 atom stereocenters. The van der Waals surface area contributed by atoms with Gasteiger partial charge in [0.15, 0.2) is 5.79 Å². The highest BCUT2D eigenvalue weighted by molar-refractivity contribution is 5.17. The Hall–Kier alpha value is -0.590. The molecule has 5 aliphatic rings. The van der Waals surface area contributed by atoms with Crippen molar-refractivity contribution >= 4 is 0 Å². The molecule has 0 aromatic carbocycles. The first kappa shape index (κ1) is 23.2. The van der Waals surface area contributed by atoms with E-state index in [0.717, 1.165) is 56.1 Å². The molecule has 7 unspecified atom stereocenters. The van der Waals surface area contributed by atoms with E-state index in [1.807, 2.05) is 0 Å². The summed E-state index contributed by atoms with van der Waals surface area (Å²) in [6, 6.07) is 2.40. The minimum atomic E-state index is -0.326. The summed E-state index contributed by atoms with van der Waals surface area (Å²) < 4.78 is 12.7. The number of ether oxygens (including phenoxy) is 2. The molecule has 1 aliphatic heterocycles. The maximum Gasteiger partial charge on any atom is 0.171 e. The van der Waals surface area contributed by atoms with Gasteiger partial charge < -0.3 is 9.47 Å². The Kier molecular flexibility index (Phi) is 5.58. The highest BCUT2D eigenvalue weighted by Gasteiger charge is 2.70. The van der Waals surface area contributed by atoms with Crippen LogP contribution in [0.3, 0.4) is 0 Å². The molecule has 32 heavy (non-hydrogen) atoms. The normalized spacial score (nSPS) is 52.7. The second-order valence-corrected chi connectivity index (χ2v) is 13.3. The van der Waals surface area contributed by atoms with Crippen LogP contribution in [0.1, 0.15) is 99.3 Å². The number of rotatable bonds is 3. The van der Waals surface area contributed by atoms with Crippen LogP contribution in [0, 0.1) is 69.0 Å². The molecule has 3 nitrogen and oxygen atoms in total. The zero-order valence-corrected chi connectivity index (χ0v) is 21.6. The van der Waals surface area contributed by atoms with Crippen molar-refractivity contribution in [1.82, 2.24) is 0 Å². The monoisotopic (exact) mass is 441 g/mol. The highest BCUT2D eigenvalue weighted by atomic mass is 16.7. The van der Waals surface area contributed by atoms with Gasteiger partial charge in [-0.05, 0) is 96.7 Å². The Morgan fingerprint density at radius 2 is 1.69 bits per heavy atom. The van der Waals surface area contributed by atoms with Crippen LogP contribution in [-0.4, -0.2) is 19.0 Å². The van der Waals surface area contributed by atoms with Crippen LogP contribution in [0.15, 0.2) is 0 Å². The molecule has 1 saturated heterocycles. The third-order valence-corrected chi connectivity index (χ3v) is 12.9. The number of nitriles is 1. The minimum Gasteiger partial charge on any atom is -0.347 e. The summed E-state index contributed by atoms with van der Waals surface area (Å²) in [5, 5.41) is 9.13. The molecule has 0 aromatic rings. The molecular weight excluding hydrogens is 394 g/mol. The quantitative estimate of drug-likeness (QED) is 0.464. The van der Waals surface area contributed by atoms with Crippen LogP contribution in [0.25, 0.3) is 0 Å². The average molecular weight is 442 g/mol. The lowest BCUT2D eigenvalue weighted by Gasteiger charge is -2.70. The smallest absolute Gasteiger partial charge is 0.171 e. The van der Waals surface area contributed by atoms with Gasteiger partial charge in [0.25, 0.3) is 0 Å². The Morgan fingerprint density at radius 1 is 0.969 bits per heavy atom. The molecule has 0 aromatic heterocycles. The second kappa shape index (κ2) is 7.71. The van der Waals surface area contributed by atoms with Gasteiger partial charge in [0, 0.05) is 18.8 Å². The van der Waals surface area contributed by atoms with Crippen LogP contribution in [0.4, 0.5) is 0 Å². The summed E-state index contributed by atoms with van der Waals surface area (Å²) in [6.07, 6.45) is 11.1. The van der Waals surface area contributed by atoms with E-state index in [1.165, 1.54) is 38.5 Å². The predicted octanol–water partition coefficient (Wildman–Crippen LogP) is 7.21. The first-order valence-corrected chi connectivity index (χ1v) is 13.8. The first-order valence-electron chi connectivity index (χ1n) is 13.8. The van der Waals surface area contributed by atoms with Gasteiger partial charge >= 0.3 is 0 Å². The fourth-order valence-electron chi connectivity index (χ4n) is 10.8. The molecule has 5 fully saturated rings. The number of hydrogen-bond acceptors (Lipinski definition) is 3. The van der Waals surface area contributed by atoms with Crippen molar-refractivity contribution in [2.45, 2.75) is 105 Å². The molecule has 0 N–H and O–H groups in total. The van der Waals surface area contributed by atoms with Gasteiger partial charge in [0.05, 0.1) is 19.3 Å². The summed E-state index contributed by atoms with van der Waals surface area (Å²) in [7, 11) is 0. The van der Waals surface area contributed by atoms with E-state index in [1.54, 1.807) is 0 Å². The Bertz CT molecular complexity index is 768. The van der Waals surface area contributed by atoms with E-state index in [4.69, 9.17) is 14.7 Å². The van der Waals surface area contributed by atoms with E-state index in [0.29, 0.717) is 28.6 Å². The zero-order chi connectivity index (χ0) is 22.9. The minimum absolute atomic E-state index is 0.266. The third kappa shape index (κ3) is 2.84. The Labute approximate surface area is 197 Å². The van der Waals surface area contributed by atoms with Crippen molar-refractivity contribution in [2.75, 3.05) is 13.2 Å². The van der Waals surface area contributed by atoms with Gasteiger partial charge in [-0.25, -0.2) is 0 Å². The van der Waals surface area contributed by atoms with Gasteiger partial charge in [-0.1, -0.05) is 41.5 Å². The maximum absolute atomic E-state index is 9.13. The van der Waals surface area contributed by atoms with Crippen molar-refractivity contribution in [3.63, 3.8) is 0 Å². The van der Waals surface area contributed by atoms with Crippen LogP contribution >= 0.6 is 0 Å². The van der Waals surface area contributed by atoms with Crippen LogP contribution in [0.2, 0.25) is 0 Å². The summed E-state index contributed by atoms with van der Waals surface area (Å²) in [5.74, 6) is 4.92. The Morgan fingerprint density at radius 3 is 2.38 bits per heavy atom. The number of fused-ring (bicyclic) bond motifs is 5. The zero-order valence-electron chi connectivity index (χ0n) is 21.6. The lowest BCUT2D eigenvalue weighted by Crippen LogP contribution is -2.67. The molecule has 1 spiro atoms. The second-order valence-electron chi connectivity index (χ2n) is 13.3. The largest absolute Gasteiger partial charge is 0.347 e. The van der Waals surface area contributed by atoms with Gasteiger partial charge in [-0.3, -0.25) is 0 Å². The lowest BCUT2D eigenvalue weighted by atomic mass is 9.35. The molecule has 5 rings (SSSR count). The first-order chi connectivity index (χ1) is 15.1. The predicted molar refractivity (Wildman–Crippen MR) is 128 cm³/mol. The molecule has 0 bridgehead atoms. The molecule has 4 saturated carbocycles. The van der Waals surface area contributed by atoms with Crippen LogP contribution in [0.5, 0.6) is 0 Å². The fraction of sp³-hybridized carbons (Fsp3) is 0.966. The van der Waals surface area contributed by atoms with E-state index in [9.17, 15) is 0 Å². The van der Waals surface area contributed by atoms with E-state index >= 15 is 0 Å². The molecule has 3 heteroatoms. The third-order valence-electron chi connectivity index (χ3n) is 12.9. The van der Waals surface area contributed by atoms with Gasteiger partial charge in [0.2, 0.25) is 0 Å². The topological polar surface area (TPSA) is 42.2 Å². The Balaban J connectivity index is 1.44. The molecule has 0 radical (unpaired) electrons. The van der Waals surface area contributed by atoms with Crippen molar-refractivity contribution in [1.29, 1.82) is 5.26 Å². The van der Waals surface area contributed by atoms with Gasteiger partial charge in [-0.2, -0.15) is 5.26 Å². The molecule has 0 amide bonds. The van der Waals surface area contributed by atoms with Crippen molar-refractivity contribution in [3.8, 4) is 6.07 Å². The standard InChI is InChI=1S/C29H47NO2/c1-19(8-7-15-30)23-9-10-24-22-18-20(2)28(6)21(3)29(31-16-17-32-29)14-13-27(28,5)25(22)11-12-26(23,24)4/h19-25H,7-14,16-18H2,1-6H3/t19-,20?,21?,22?,23?,24?,25?,26-,27-,28?/m1/s1. The maximum atomic E-state index is 9.13. The summed E-state index contributed by atoms with van der Waals surface area (Å²) in [4.78, 5) is 0. The molecule has 1 heterocycles. The SMILES string of the molecule is CC1CC2C3CCC([C@H](C)CCC#N)[C@@]3(C)CCC2[C@@]2(C)CCC3(OCCO3)C(C)C12C. The molecule has 4 aliphatic carbocycles. The van der Waals surface area contributed by atoms with Crippen LogP contribution < -0.4 is 0 Å². The van der Waals surface area contributed by atoms with Crippen molar-refractivity contribution in [3.05, 3.63) is 0 Å². The molecule has 180 valence electrons. The highest BCUT2D eigenvalue weighted by Crippen LogP contribution is 2.74. The number of nitrogens with zero attached hydrogens (tertiary/aromatic N) is 1. The van der Waals surface area contributed by atoms with Crippen LogP contribution in [-0.2, 0) is 9.47 Å². The fourth-order valence-corrected chi connectivity index (χ4v) is 10.8.